The van der Waals surface area contributed by atoms with Gasteiger partial charge >= 0.3 is 11.9 Å². The Bertz CT molecular complexity index is 946. The number of hydrogen-bond donors (Lipinski definition) is 1. The molecule has 0 bridgehead atoms. The maximum Gasteiger partial charge on any atom is 0.321 e. The Kier molecular flexibility index (Phi) is 6.37. The van der Waals surface area contributed by atoms with Gasteiger partial charge in [0.2, 0.25) is 0 Å². The van der Waals surface area contributed by atoms with Crippen LogP contribution in [0.1, 0.15) is 30.9 Å². The highest BCUT2D eigenvalue weighted by Gasteiger charge is 2.40. The number of rotatable bonds is 7. The van der Waals surface area contributed by atoms with Gasteiger partial charge in [0, 0.05) is 28.0 Å². The Balaban J connectivity index is 2.19. The van der Waals surface area contributed by atoms with Gasteiger partial charge in [0.25, 0.3) is 0 Å². The van der Waals surface area contributed by atoms with Crippen molar-refractivity contribution < 1.29 is 19.1 Å². The summed E-state index contributed by atoms with van der Waals surface area (Å²) < 4.78 is 10.5. The summed E-state index contributed by atoms with van der Waals surface area (Å²) in [5.74, 6) is -2.91. The summed E-state index contributed by atoms with van der Waals surface area (Å²) in [7, 11) is 0. The molecule has 0 aliphatic rings. The second-order valence-electron chi connectivity index (χ2n) is 6.30. The third-order valence-electron chi connectivity index (χ3n) is 4.60. The molecule has 1 aromatic heterocycles. The summed E-state index contributed by atoms with van der Waals surface area (Å²) in [5.41, 5.74) is 2.52. The monoisotopic (exact) mass is 399 g/mol. The molecule has 3 rings (SSSR count). The molecular weight excluding hydrogens is 378 g/mol. The highest BCUT2D eigenvalue weighted by atomic mass is 35.5. The standard InChI is InChI=1S/C22H22ClNO4/c1-3-27-21(25)20(22(26)28-4-2)19(14-9-11-15(23)12-10-14)17-13-24-18-8-6-5-7-16(17)18/h5-13,19-20,24H,3-4H2,1-2H3/t19-/m1/s1. The largest absolute Gasteiger partial charge is 0.465 e. The zero-order valence-corrected chi connectivity index (χ0v) is 16.5. The highest BCUT2D eigenvalue weighted by molar-refractivity contribution is 6.30. The zero-order valence-electron chi connectivity index (χ0n) is 15.8. The van der Waals surface area contributed by atoms with E-state index in [-0.39, 0.29) is 13.2 Å². The van der Waals surface area contributed by atoms with E-state index in [9.17, 15) is 9.59 Å². The van der Waals surface area contributed by atoms with Crippen LogP contribution in [0.5, 0.6) is 0 Å². The van der Waals surface area contributed by atoms with Gasteiger partial charge < -0.3 is 14.5 Å². The van der Waals surface area contributed by atoms with Crippen molar-refractivity contribution in [3.05, 3.63) is 70.9 Å². The molecule has 3 aromatic rings. The van der Waals surface area contributed by atoms with Crippen molar-refractivity contribution in [1.29, 1.82) is 0 Å². The second kappa shape index (κ2) is 8.93. The average molecular weight is 400 g/mol. The molecule has 0 aliphatic carbocycles. The van der Waals surface area contributed by atoms with Crippen LogP contribution in [0.25, 0.3) is 10.9 Å². The fourth-order valence-corrected chi connectivity index (χ4v) is 3.53. The van der Waals surface area contributed by atoms with Crippen molar-refractivity contribution in [2.45, 2.75) is 19.8 Å². The van der Waals surface area contributed by atoms with Gasteiger partial charge in [0.05, 0.1) is 13.2 Å². The summed E-state index contributed by atoms with van der Waals surface area (Å²) in [6.07, 6.45) is 1.83. The van der Waals surface area contributed by atoms with E-state index in [1.165, 1.54) is 0 Å². The quantitative estimate of drug-likeness (QED) is 0.462. The molecule has 2 aromatic carbocycles. The molecular formula is C22H22ClNO4. The van der Waals surface area contributed by atoms with Gasteiger partial charge in [-0.25, -0.2) is 0 Å². The topological polar surface area (TPSA) is 68.4 Å². The third kappa shape index (κ3) is 4.04. The van der Waals surface area contributed by atoms with E-state index in [0.717, 1.165) is 22.0 Å². The van der Waals surface area contributed by atoms with Crippen molar-refractivity contribution >= 4 is 34.4 Å². The number of fused-ring (bicyclic) bond motifs is 1. The number of carbonyl (C=O) groups is 2. The van der Waals surface area contributed by atoms with Crippen molar-refractivity contribution in [1.82, 2.24) is 4.98 Å². The maximum atomic E-state index is 12.8. The number of para-hydroxylation sites is 1. The highest BCUT2D eigenvalue weighted by Crippen LogP contribution is 2.38. The van der Waals surface area contributed by atoms with Crippen LogP contribution in [0.15, 0.2) is 54.7 Å². The number of aromatic nitrogens is 1. The number of halogens is 1. The van der Waals surface area contributed by atoms with Crippen molar-refractivity contribution in [2.24, 2.45) is 5.92 Å². The van der Waals surface area contributed by atoms with Gasteiger partial charge in [-0.05, 0) is 43.2 Å². The van der Waals surface area contributed by atoms with Gasteiger partial charge in [-0.15, -0.1) is 0 Å². The summed E-state index contributed by atoms with van der Waals surface area (Å²) in [4.78, 5) is 28.8. The lowest BCUT2D eigenvalue weighted by Gasteiger charge is -2.24. The van der Waals surface area contributed by atoms with Crippen LogP contribution in [0.3, 0.4) is 0 Å². The minimum absolute atomic E-state index is 0.177. The van der Waals surface area contributed by atoms with Gasteiger partial charge in [-0.3, -0.25) is 9.59 Å². The average Bonchev–Trinajstić information content (AvgIpc) is 3.11. The van der Waals surface area contributed by atoms with Crippen LogP contribution in [-0.4, -0.2) is 30.1 Å². The maximum absolute atomic E-state index is 12.8. The number of H-pyrrole nitrogens is 1. The molecule has 146 valence electrons. The molecule has 1 heterocycles. The minimum atomic E-state index is -1.12. The molecule has 0 aliphatic heterocycles. The summed E-state index contributed by atoms with van der Waals surface area (Å²) >= 11 is 6.05. The van der Waals surface area contributed by atoms with E-state index < -0.39 is 23.8 Å². The number of hydrogen-bond acceptors (Lipinski definition) is 4. The Hall–Kier alpha value is -2.79. The number of esters is 2. The molecule has 0 saturated carbocycles. The van der Waals surface area contributed by atoms with Gasteiger partial charge in [0.1, 0.15) is 0 Å². The molecule has 1 atom stereocenters. The molecule has 0 spiro atoms. The Morgan fingerprint density at radius 1 is 0.964 bits per heavy atom. The fourth-order valence-electron chi connectivity index (χ4n) is 3.41. The summed E-state index contributed by atoms with van der Waals surface area (Å²) in [6, 6.07) is 14.9. The van der Waals surface area contributed by atoms with Crippen molar-refractivity contribution in [3.63, 3.8) is 0 Å². The van der Waals surface area contributed by atoms with Crippen LogP contribution in [0.4, 0.5) is 0 Å². The lowest BCUT2D eigenvalue weighted by molar-refractivity contribution is -0.162. The number of ether oxygens (including phenoxy) is 2. The molecule has 6 heteroatoms. The van der Waals surface area contributed by atoms with E-state index in [1.54, 1.807) is 26.0 Å². The number of aromatic amines is 1. The lowest BCUT2D eigenvalue weighted by atomic mass is 9.80. The molecule has 28 heavy (non-hydrogen) atoms. The van der Waals surface area contributed by atoms with E-state index in [4.69, 9.17) is 21.1 Å². The van der Waals surface area contributed by atoms with Crippen LogP contribution >= 0.6 is 11.6 Å². The molecule has 1 N–H and O–H groups in total. The smallest absolute Gasteiger partial charge is 0.321 e. The number of nitrogens with one attached hydrogen (secondary N) is 1. The molecule has 0 fully saturated rings. The second-order valence-corrected chi connectivity index (χ2v) is 6.74. The molecule has 5 nitrogen and oxygen atoms in total. The van der Waals surface area contributed by atoms with E-state index >= 15 is 0 Å². The van der Waals surface area contributed by atoms with Crippen LogP contribution in [0, 0.1) is 5.92 Å². The Morgan fingerprint density at radius 2 is 1.57 bits per heavy atom. The number of benzene rings is 2. The fraction of sp³-hybridized carbons (Fsp3) is 0.273. The third-order valence-corrected chi connectivity index (χ3v) is 4.85. The molecule has 0 unspecified atom stereocenters. The van der Waals surface area contributed by atoms with Gasteiger partial charge in [-0.2, -0.15) is 0 Å². The van der Waals surface area contributed by atoms with Gasteiger partial charge in [-0.1, -0.05) is 41.9 Å². The Labute approximate surface area is 168 Å². The van der Waals surface area contributed by atoms with E-state index in [0.29, 0.717) is 5.02 Å². The first-order chi connectivity index (χ1) is 13.6. The predicted molar refractivity (Wildman–Crippen MR) is 108 cm³/mol. The van der Waals surface area contributed by atoms with Gasteiger partial charge in [0.15, 0.2) is 5.92 Å². The van der Waals surface area contributed by atoms with Crippen LogP contribution in [0.2, 0.25) is 5.02 Å². The first-order valence-electron chi connectivity index (χ1n) is 9.21. The SMILES string of the molecule is CCOC(=O)C(C(=O)OCC)[C@H](c1ccc(Cl)cc1)c1c[nH]c2ccccc12. The summed E-state index contributed by atoms with van der Waals surface area (Å²) in [5, 5.41) is 1.51. The van der Waals surface area contributed by atoms with Crippen LogP contribution in [-0.2, 0) is 19.1 Å². The van der Waals surface area contributed by atoms with Crippen LogP contribution < -0.4 is 0 Å². The van der Waals surface area contributed by atoms with E-state index in [2.05, 4.69) is 4.98 Å². The first-order valence-corrected chi connectivity index (χ1v) is 9.59. The number of carbonyl (C=O) groups excluding carboxylic acids is 2. The summed E-state index contributed by atoms with van der Waals surface area (Å²) in [6.45, 7) is 3.78. The van der Waals surface area contributed by atoms with E-state index in [1.807, 2.05) is 42.6 Å². The first kappa shape index (κ1) is 20.0. The Morgan fingerprint density at radius 3 is 2.18 bits per heavy atom. The normalized spacial score (nSPS) is 12.1. The molecule has 0 radical (unpaired) electrons. The van der Waals surface area contributed by atoms with Crippen molar-refractivity contribution in [2.75, 3.05) is 13.2 Å². The predicted octanol–water partition coefficient (Wildman–Crippen LogP) is 4.70. The minimum Gasteiger partial charge on any atom is -0.465 e. The van der Waals surface area contributed by atoms with Crippen molar-refractivity contribution in [3.8, 4) is 0 Å². The zero-order chi connectivity index (χ0) is 20.1. The molecule has 0 amide bonds. The lowest BCUT2D eigenvalue weighted by Crippen LogP contribution is -2.34. The molecule has 0 saturated heterocycles.